The van der Waals surface area contributed by atoms with Gasteiger partial charge < -0.3 is 10.4 Å². The maximum Gasteiger partial charge on any atom is 0.0546 e. The minimum atomic E-state index is 0.0123. The van der Waals surface area contributed by atoms with Gasteiger partial charge in [0.15, 0.2) is 0 Å². The van der Waals surface area contributed by atoms with Crippen LogP contribution >= 0.6 is 0 Å². The molecule has 0 amide bonds. The summed E-state index contributed by atoms with van der Waals surface area (Å²) in [7, 11) is 0. The standard InChI is InChI=1S/C11H21NO/c13-11-5-10(6-11)8-12-7-9-3-1-2-4-9/h9-13H,1-8H2. The van der Waals surface area contributed by atoms with Gasteiger partial charge in [-0.2, -0.15) is 0 Å². The second-order valence-electron chi connectivity index (χ2n) is 4.80. The number of aliphatic hydroxyl groups is 1. The van der Waals surface area contributed by atoms with Crippen molar-refractivity contribution in [2.75, 3.05) is 13.1 Å². The SMILES string of the molecule is OC1CC(CNCC2CCCC2)C1. The Morgan fingerprint density at radius 1 is 1.00 bits per heavy atom. The van der Waals surface area contributed by atoms with Gasteiger partial charge in [-0.25, -0.2) is 0 Å². The molecule has 2 aliphatic carbocycles. The smallest absolute Gasteiger partial charge is 0.0546 e. The predicted molar refractivity (Wildman–Crippen MR) is 53.6 cm³/mol. The van der Waals surface area contributed by atoms with Crippen LogP contribution in [0, 0.1) is 11.8 Å². The first-order valence-electron chi connectivity index (χ1n) is 5.73. The fraction of sp³-hybridized carbons (Fsp3) is 1.00. The molecule has 2 rings (SSSR count). The van der Waals surface area contributed by atoms with E-state index in [1.54, 1.807) is 0 Å². The van der Waals surface area contributed by atoms with E-state index in [4.69, 9.17) is 5.11 Å². The molecule has 76 valence electrons. The number of hydrogen-bond donors (Lipinski definition) is 2. The molecule has 0 aromatic rings. The topological polar surface area (TPSA) is 32.3 Å². The van der Waals surface area contributed by atoms with E-state index < -0.39 is 0 Å². The van der Waals surface area contributed by atoms with Crippen molar-refractivity contribution in [3.8, 4) is 0 Å². The fourth-order valence-electron chi connectivity index (χ4n) is 2.57. The van der Waals surface area contributed by atoms with Gasteiger partial charge in [-0.15, -0.1) is 0 Å². The van der Waals surface area contributed by atoms with Crippen LogP contribution < -0.4 is 5.32 Å². The Bertz CT molecular complexity index is 148. The van der Waals surface area contributed by atoms with Crippen LogP contribution in [0.25, 0.3) is 0 Å². The molecule has 2 saturated carbocycles. The summed E-state index contributed by atoms with van der Waals surface area (Å²) >= 11 is 0. The first-order valence-corrected chi connectivity index (χ1v) is 5.73. The van der Waals surface area contributed by atoms with Crippen molar-refractivity contribution >= 4 is 0 Å². The molecule has 0 atom stereocenters. The van der Waals surface area contributed by atoms with Crippen LogP contribution in [0.1, 0.15) is 38.5 Å². The maximum atomic E-state index is 9.10. The highest BCUT2D eigenvalue weighted by molar-refractivity contribution is 4.80. The maximum absolute atomic E-state index is 9.10. The highest BCUT2D eigenvalue weighted by Gasteiger charge is 2.26. The van der Waals surface area contributed by atoms with Crippen LogP contribution in [0.4, 0.5) is 0 Å². The summed E-state index contributed by atoms with van der Waals surface area (Å²) in [6.07, 6.45) is 7.80. The van der Waals surface area contributed by atoms with Gasteiger partial charge in [-0.3, -0.25) is 0 Å². The number of nitrogens with one attached hydrogen (secondary N) is 1. The zero-order chi connectivity index (χ0) is 9.10. The highest BCUT2D eigenvalue weighted by Crippen LogP contribution is 2.27. The van der Waals surface area contributed by atoms with Gasteiger partial charge in [0.05, 0.1) is 6.10 Å². The average molecular weight is 183 g/mol. The van der Waals surface area contributed by atoms with Gasteiger partial charge in [-0.1, -0.05) is 12.8 Å². The lowest BCUT2D eigenvalue weighted by molar-refractivity contribution is 0.0427. The first-order chi connectivity index (χ1) is 6.34. The van der Waals surface area contributed by atoms with E-state index in [2.05, 4.69) is 5.32 Å². The van der Waals surface area contributed by atoms with Gasteiger partial charge in [-0.05, 0) is 50.6 Å². The minimum absolute atomic E-state index is 0.0123. The van der Waals surface area contributed by atoms with Crippen molar-refractivity contribution in [1.82, 2.24) is 5.32 Å². The van der Waals surface area contributed by atoms with E-state index >= 15 is 0 Å². The van der Waals surface area contributed by atoms with Crippen molar-refractivity contribution in [3.05, 3.63) is 0 Å². The third-order valence-electron chi connectivity index (χ3n) is 3.55. The molecule has 0 unspecified atom stereocenters. The van der Waals surface area contributed by atoms with Gasteiger partial charge in [0, 0.05) is 0 Å². The number of rotatable bonds is 4. The summed E-state index contributed by atoms with van der Waals surface area (Å²) in [5.41, 5.74) is 0. The number of aliphatic hydroxyl groups excluding tert-OH is 1. The molecule has 2 fully saturated rings. The molecule has 0 aliphatic heterocycles. The van der Waals surface area contributed by atoms with Crippen molar-refractivity contribution in [3.63, 3.8) is 0 Å². The molecule has 0 aromatic carbocycles. The van der Waals surface area contributed by atoms with Crippen molar-refractivity contribution in [1.29, 1.82) is 0 Å². The summed E-state index contributed by atoms with van der Waals surface area (Å²) in [6, 6.07) is 0. The third kappa shape index (κ3) is 2.68. The van der Waals surface area contributed by atoms with E-state index in [9.17, 15) is 0 Å². The van der Waals surface area contributed by atoms with Gasteiger partial charge >= 0.3 is 0 Å². The molecule has 13 heavy (non-hydrogen) atoms. The fourth-order valence-corrected chi connectivity index (χ4v) is 2.57. The zero-order valence-corrected chi connectivity index (χ0v) is 8.34. The Morgan fingerprint density at radius 2 is 1.62 bits per heavy atom. The summed E-state index contributed by atoms with van der Waals surface area (Å²) in [5.74, 6) is 1.71. The van der Waals surface area contributed by atoms with Crippen LogP contribution in [0.3, 0.4) is 0 Å². The molecule has 0 bridgehead atoms. The van der Waals surface area contributed by atoms with Gasteiger partial charge in [0.25, 0.3) is 0 Å². The lowest BCUT2D eigenvalue weighted by atomic mass is 9.82. The van der Waals surface area contributed by atoms with Crippen molar-refractivity contribution < 1.29 is 5.11 Å². The zero-order valence-electron chi connectivity index (χ0n) is 8.34. The largest absolute Gasteiger partial charge is 0.393 e. The van der Waals surface area contributed by atoms with E-state index in [0.29, 0.717) is 0 Å². The first kappa shape index (κ1) is 9.47. The molecule has 0 saturated heterocycles. The van der Waals surface area contributed by atoms with E-state index in [1.807, 2.05) is 0 Å². The molecule has 0 radical (unpaired) electrons. The quantitative estimate of drug-likeness (QED) is 0.693. The van der Waals surface area contributed by atoms with Crippen LogP contribution in [0.2, 0.25) is 0 Å². The van der Waals surface area contributed by atoms with Crippen LogP contribution in [-0.2, 0) is 0 Å². The van der Waals surface area contributed by atoms with Gasteiger partial charge in [0.1, 0.15) is 0 Å². The Morgan fingerprint density at radius 3 is 2.23 bits per heavy atom. The average Bonchev–Trinajstić information content (AvgIpc) is 2.53. The molecule has 0 spiro atoms. The molecular formula is C11H21NO. The molecular weight excluding hydrogens is 162 g/mol. The van der Waals surface area contributed by atoms with Crippen molar-refractivity contribution in [2.45, 2.75) is 44.6 Å². The molecule has 2 heteroatoms. The summed E-state index contributed by atoms with van der Waals surface area (Å²) in [5, 5.41) is 12.6. The summed E-state index contributed by atoms with van der Waals surface area (Å²) in [4.78, 5) is 0. The van der Waals surface area contributed by atoms with E-state index in [1.165, 1.54) is 32.2 Å². The Hall–Kier alpha value is -0.0800. The normalized spacial score (nSPS) is 34.8. The molecule has 0 heterocycles. The van der Waals surface area contributed by atoms with Crippen LogP contribution in [0.5, 0.6) is 0 Å². The second kappa shape index (κ2) is 4.43. The summed E-state index contributed by atoms with van der Waals surface area (Å²) < 4.78 is 0. The van der Waals surface area contributed by atoms with Crippen LogP contribution in [0.15, 0.2) is 0 Å². The van der Waals surface area contributed by atoms with Crippen molar-refractivity contribution in [2.24, 2.45) is 11.8 Å². The predicted octanol–water partition coefficient (Wildman–Crippen LogP) is 1.54. The summed E-state index contributed by atoms with van der Waals surface area (Å²) in [6.45, 7) is 2.35. The molecule has 0 aromatic heterocycles. The lowest BCUT2D eigenvalue weighted by Gasteiger charge is -2.31. The highest BCUT2D eigenvalue weighted by atomic mass is 16.3. The molecule has 2 N–H and O–H groups in total. The Balaban J connectivity index is 1.49. The second-order valence-corrected chi connectivity index (χ2v) is 4.80. The third-order valence-corrected chi connectivity index (χ3v) is 3.55. The molecule has 2 aliphatic rings. The van der Waals surface area contributed by atoms with Crippen LogP contribution in [-0.4, -0.2) is 24.3 Å². The lowest BCUT2D eigenvalue weighted by Crippen LogP contribution is -2.37. The van der Waals surface area contributed by atoms with E-state index in [0.717, 1.165) is 31.2 Å². The molecule has 2 nitrogen and oxygen atoms in total. The Labute approximate surface area is 80.7 Å². The van der Waals surface area contributed by atoms with Gasteiger partial charge in [0.2, 0.25) is 0 Å². The Kier molecular flexibility index (Phi) is 3.23. The van der Waals surface area contributed by atoms with E-state index in [-0.39, 0.29) is 6.10 Å². The monoisotopic (exact) mass is 183 g/mol. The number of hydrogen-bond acceptors (Lipinski definition) is 2. The minimum Gasteiger partial charge on any atom is -0.393 e.